The Morgan fingerprint density at radius 1 is 1.30 bits per heavy atom. The first-order valence-corrected chi connectivity index (χ1v) is 8.42. The van der Waals surface area contributed by atoms with Crippen molar-refractivity contribution in [2.45, 2.75) is 39.3 Å². The minimum absolute atomic E-state index is 0.417. The van der Waals surface area contributed by atoms with E-state index in [-0.39, 0.29) is 0 Å². The Morgan fingerprint density at radius 3 is 2.91 bits per heavy atom. The number of aromatic nitrogens is 3. The molecule has 1 aromatic carbocycles. The maximum atomic E-state index is 10.6. The maximum absolute atomic E-state index is 10.6. The molecule has 0 radical (unpaired) electrons. The van der Waals surface area contributed by atoms with E-state index in [2.05, 4.69) is 41.0 Å². The second-order valence-corrected chi connectivity index (χ2v) is 6.74. The smallest absolute Gasteiger partial charge is 0.137 e. The van der Waals surface area contributed by atoms with E-state index < -0.39 is 6.10 Å². The summed E-state index contributed by atoms with van der Waals surface area (Å²) in [5.41, 5.74) is 3.53. The lowest BCUT2D eigenvalue weighted by atomic mass is 9.96. The summed E-state index contributed by atoms with van der Waals surface area (Å²) in [6, 6.07) is 6.25. The van der Waals surface area contributed by atoms with Crippen molar-refractivity contribution in [2.24, 2.45) is 5.92 Å². The molecule has 2 heterocycles. The number of hydrogen-bond acceptors (Lipinski definition) is 4. The van der Waals surface area contributed by atoms with Gasteiger partial charge in [-0.1, -0.05) is 18.2 Å². The van der Waals surface area contributed by atoms with Crippen LogP contribution in [0, 0.1) is 19.8 Å². The van der Waals surface area contributed by atoms with Gasteiger partial charge in [0.25, 0.3) is 0 Å². The van der Waals surface area contributed by atoms with Crippen LogP contribution in [0.1, 0.15) is 35.6 Å². The average molecular weight is 314 g/mol. The molecule has 1 aliphatic rings. The molecule has 1 aliphatic heterocycles. The van der Waals surface area contributed by atoms with Gasteiger partial charge in [-0.2, -0.15) is 5.10 Å². The predicted molar refractivity (Wildman–Crippen MR) is 90.1 cm³/mol. The zero-order valence-corrected chi connectivity index (χ0v) is 14.0. The van der Waals surface area contributed by atoms with Gasteiger partial charge in [0, 0.05) is 19.6 Å². The van der Waals surface area contributed by atoms with Crippen molar-refractivity contribution in [1.29, 1.82) is 0 Å². The molecule has 0 unspecified atom stereocenters. The molecular formula is C18H26N4O. The van der Waals surface area contributed by atoms with E-state index >= 15 is 0 Å². The number of likely N-dealkylation sites (tertiary alicyclic amines) is 1. The molecule has 0 amide bonds. The van der Waals surface area contributed by atoms with Crippen LogP contribution in [-0.4, -0.2) is 44.4 Å². The minimum Gasteiger partial charge on any atom is -0.387 e. The molecule has 0 spiro atoms. The molecule has 3 rings (SSSR count). The molecule has 2 atom stereocenters. The Morgan fingerprint density at radius 2 is 2.17 bits per heavy atom. The molecule has 5 heteroatoms. The normalized spacial score (nSPS) is 20.6. The van der Waals surface area contributed by atoms with Crippen LogP contribution >= 0.6 is 0 Å². The number of benzene rings is 1. The Kier molecular flexibility index (Phi) is 5.08. The van der Waals surface area contributed by atoms with Gasteiger partial charge in [-0.25, -0.2) is 4.98 Å². The highest BCUT2D eigenvalue weighted by molar-refractivity contribution is 5.31. The fourth-order valence-corrected chi connectivity index (χ4v) is 3.38. The van der Waals surface area contributed by atoms with E-state index in [1.54, 1.807) is 12.7 Å². The van der Waals surface area contributed by atoms with Gasteiger partial charge in [-0.15, -0.1) is 0 Å². The van der Waals surface area contributed by atoms with Crippen molar-refractivity contribution >= 4 is 0 Å². The number of rotatable bonds is 5. The quantitative estimate of drug-likeness (QED) is 0.920. The lowest BCUT2D eigenvalue weighted by molar-refractivity contribution is 0.0799. The Bertz CT molecular complexity index is 626. The monoisotopic (exact) mass is 314 g/mol. The Hall–Kier alpha value is -1.72. The van der Waals surface area contributed by atoms with Crippen molar-refractivity contribution in [2.75, 3.05) is 19.6 Å². The van der Waals surface area contributed by atoms with E-state index in [4.69, 9.17) is 0 Å². The fraction of sp³-hybridized carbons (Fsp3) is 0.556. The van der Waals surface area contributed by atoms with E-state index in [0.717, 1.165) is 25.2 Å². The SMILES string of the molecule is Cc1ccc([C@H](O)CN2CCC[C@@H](Cn3cncn3)C2)cc1C. The second-order valence-electron chi connectivity index (χ2n) is 6.74. The summed E-state index contributed by atoms with van der Waals surface area (Å²) in [6.07, 6.45) is 5.35. The van der Waals surface area contributed by atoms with E-state index in [1.165, 1.54) is 24.0 Å². The zero-order valence-electron chi connectivity index (χ0n) is 14.0. The van der Waals surface area contributed by atoms with Crippen LogP contribution < -0.4 is 0 Å². The first-order valence-electron chi connectivity index (χ1n) is 8.42. The summed E-state index contributed by atoms with van der Waals surface area (Å²) in [7, 11) is 0. The van der Waals surface area contributed by atoms with Gasteiger partial charge < -0.3 is 10.0 Å². The van der Waals surface area contributed by atoms with Gasteiger partial charge in [-0.3, -0.25) is 4.68 Å². The third-order valence-corrected chi connectivity index (χ3v) is 4.86. The van der Waals surface area contributed by atoms with Crippen molar-refractivity contribution in [1.82, 2.24) is 19.7 Å². The van der Waals surface area contributed by atoms with E-state index in [9.17, 15) is 5.11 Å². The molecule has 5 nitrogen and oxygen atoms in total. The van der Waals surface area contributed by atoms with Crippen molar-refractivity contribution in [3.63, 3.8) is 0 Å². The fourth-order valence-electron chi connectivity index (χ4n) is 3.38. The molecule has 1 fully saturated rings. The summed E-state index contributed by atoms with van der Waals surface area (Å²) in [6.45, 7) is 7.90. The maximum Gasteiger partial charge on any atom is 0.137 e. The molecular weight excluding hydrogens is 288 g/mol. The van der Waals surface area contributed by atoms with Gasteiger partial charge in [-0.05, 0) is 55.8 Å². The molecule has 0 saturated carbocycles. The van der Waals surface area contributed by atoms with Crippen molar-refractivity contribution < 1.29 is 5.11 Å². The summed E-state index contributed by atoms with van der Waals surface area (Å²) >= 11 is 0. The Balaban J connectivity index is 1.57. The highest BCUT2D eigenvalue weighted by Crippen LogP contribution is 2.22. The summed E-state index contributed by atoms with van der Waals surface area (Å²) in [4.78, 5) is 6.39. The number of aliphatic hydroxyl groups is 1. The van der Waals surface area contributed by atoms with Crippen LogP contribution in [0.2, 0.25) is 0 Å². The first-order chi connectivity index (χ1) is 11.1. The molecule has 0 bridgehead atoms. The molecule has 1 saturated heterocycles. The molecule has 23 heavy (non-hydrogen) atoms. The molecule has 0 aliphatic carbocycles. The lowest BCUT2D eigenvalue weighted by Gasteiger charge is -2.34. The number of aryl methyl sites for hydroxylation is 2. The van der Waals surface area contributed by atoms with Gasteiger partial charge in [0.15, 0.2) is 0 Å². The van der Waals surface area contributed by atoms with Gasteiger partial charge in [0.05, 0.1) is 6.10 Å². The number of β-amino-alcohol motifs (C(OH)–C–C–N with tert-alkyl or cyclic N) is 1. The zero-order chi connectivity index (χ0) is 16.2. The largest absolute Gasteiger partial charge is 0.387 e. The van der Waals surface area contributed by atoms with Crippen LogP contribution in [0.5, 0.6) is 0 Å². The molecule has 2 aromatic rings. The molecule has 1 aromatic heterocycles. The number of nitrogens with zero attached hydrogens (tertiary/aromatic N) is 4. The number of aliphatic hydroxyl groups excluding tert-OH is 1. The third kappa shape index (κ3) is 4.18. The molecule has 124 valence electrons. The standard InChI is InChI=1S/C18H26N4O/c1-14-5-6-17(8-15(14)2)18(23)11-21-7-3-4-16(9-21)10-22-13-19-12-20-22/h5-6,8,12-13,16,18,23H,3-4,7,9-11H2,1-2H3/t16-,18-/m1/s1. The average Bonchev–Trinajstić information content (AvgIpc) is 3.03. The summed E-state index contributed by atoms with van der Waals surface area (Å²) < 4.78 is 1.91. The highest BCUT2D eigenvalue weighted by Gasteiger charge is 2.23. The number of hydrogen-bond donors (Lipinski definition) is 1. The van der Waals surface area contributed by atoms with E-state index in [0.29, 0.717) is 12.5 Å². The molecule has 1 N–H and O–H groups in total. The first kappa shape index (κ1) is 16.1. The predicted octanol–water partition coefficient (Wildman–Crippen LogP) is 2.34. The van der Waals surface area contributed by atoms with Crippen LogP contribution in [0.4, 0.5) is 0 Å². The van der Waals surface area contributed by atoms with Crippen LogP contribution in [0.25, 0.3) is 0 Å². The van der Waals surface area contributed by atoms with E-state index in [1.807, 2.05) is 10.7 Å². The van der Waals surface area contributed by atoms with Crippen molar-refractivity contribution in [3.05, 3.63) is 47.5 Å². The van der Waals surface area contributed by atoms with Crippen LogP contribution in [0.3, 0.4) is 0 Å². The van der Waals surface area contributed by atoms with Gasteiger partial charge >= 0.3 is 0 Å². The number of piperidine rings is 1. The lowest BCUT2D eigenvalue weighted by Crippen LogP contribution is -2.39. The summed E-state index contributed by atoms with van der Waals surface area (Å²) in [5.74, 6) is 0.581. The summed E-state index contributed by atoms with van der Waals surface area (Å²) in [5, 5.41) is 14.8. The van der Waals surface area contributed by atoms with Crippen LogP contribution in [-0.2, 0) is 6.54 Å². The van der Waals surface area contributed by atoms with Gasteiger partial charge in [0.1, 0.15) is 12.7 Å². The Labute approximate surface area is 138 Å². The van der Waals surface area contributed by atoms with Gasteiger partial charge in [0.2, 0.25) is 0 Å². The van der Waals surface area contributed by atoms with Crippen molar-refractivity contribution in [3.8, 4) is 0 Å². The second kappa shape index (κ2) is 7.23. The highest BCUT2D eigenvalue weighted by atomic mass is 16.3. The third-order valence-electron chi connectivity index (χ3n) is 4.86. The topological polar surface area (TPSA) is 54.2 Å². The van der Waals surface area contributed by atoms with Crippen LogP contribution in [0.15, 0.2) is 30.9 Å². The minimum atomic E-state index is -0.417.